The van der Waals surface area contributed by atoms with E-state index in [1.807, 2.05) is 32.9 Å². The third-order valence-corrected chi connectivity index (χ3v) is 4.47. The highest BCUT2D eigenvalue weighted by Gasteiger charge is 2.27. The van der Waals surface area contributed by atoms with Crippen molar-refractivity contribution in [3.63, 3.8) is 0 Å². The Balaban J connectivity index is 1.96. The average molecular weight is 362 g/mol. The van der Waals surface area contributed by atoms with Gasteiger partial charge in [-0.3, -0.25) is 4.79 Å². The molecule has 3 heterocycles. The molecule has 7 nitrogen and oxygen atoms in total. The van der Waals surface area contributed by atoms with E-state index in [4.69, 9.17) is 0 Å². The number of hydrogen-bond acceptors (Lipinski definition) is 4. The summed E-state index contributed by atoms with van der Waals surface area (Å²) in [5, 5.41) is 10.5. The maximum absolute atomic E-state index is 12.7. The van der Waals surface area contributed by atoms with E-state index in [0.717, 1.165) is 5.39 Å². The van der Waals surface area contributed by atoms with E-state index in [1.54, 1.807) is 24.4 Å². The quantitative estimate of drug-likeness (QED) is 0.517. The number of aromatic nitrogens is 4. The second-order valence-electron chi connectivity index (χ2n) is 7.44. The highest BCUT2D eigenvalue weighted by atomic mass is 16.4. The zero-order valence-corrected chi connectivity index (χ0v) is 15.1. The van der Waals surface area contributed by atoms with Crippen LogP contribution in [0, 0.1) is 5.41 Å². The number of para-hydroxylation sites is 1. The molecule has 3 aromatic heterocycles. The minimum atomic E-state index is -1.10. The normalized spacial score (nSPS) is 12.0. The number of nitrogens with zero attached hydrogens (tertiary/aromatic N) is 3. The number of benzene rings is 1. The molecular formula is C20H18N4O3. The van der Waals surface area contributed by atoms with Gasteiger partial charge in [-0.2, -0.15) is 0 Å². The minimum absolute atomic E-state index is 0.0565. The van der Waals surface area contributed by atoms with Crippen LogP contribution in [-0.4, -0.2) is 36.5 Å². The van der Waals surface area contributed by atoms with Gasteiger partial charge in [-0.15, -0.1) is 0 Å². The van der Waals surface area contributed by atoms with E-state index in [1.165, 1.54) is 10.8 Å². The first-order valence-corrected chi connectivity index (χ1v) is 8.50. The third-order valence-electron chi connectivity index (χ3n) is 4.47. The Labute approximate surface area is 154 Å². The fourth-order valence-corrected chi connectivity index (χ4v) is 3.14. The SMILES string of the molecule is CC(C)(C)C(=O)c1c[nH]c2ncc(-c3cc4ccccc4n3C(=O)O)nc12. The van der Waals surface area contributed by atoms with E-state index >= 15 is 0 Å². The van der Waals surface area contributed by atoms with Gasteiger partial charge < -0.3 is 10.1 Å². The lowest BCUT2D eigenvalue weighted by Gasteiger charge is -2.15. The van der Waals surface area contributed by atoms with Crippen molar-refractivity contribution >= 4 is 33.9 Å². The summed E-state index contributed by atoms with van der Waals surface area (Å²) in [6, 6.07) is 8.97. The summed E-state index contributed by atoms with van der Waals surface area (Å²) in [5.74, 6) is -0.0565. The lowest BCUT2D eigenvalue weighted by Crippen LogP contribution is -2.20. The second-order valence-corrected chi connectivity index (χ2v) is 7.44. The Morgan fingerprint density at radius 2 is 1.93 bits per heavy atom. The van der Waals surface area contributed by atoms with Gasteiger partial charge in [-0.05, 0) is 12.1 Å². The van der Waals surface area contributed by atoms with E-state index in [0.29, 0.717) is 33.6 Å². The molecule has 0 atom stereocenters. The molecule has 136 valence electrons. The number of carbonyl (C=O) groups excluding carboxylic acids is 1. The molecule has 0 spiro atoms. The van der Waals surface area contributed by atoms with Crippen molar-refractivity contribution in [1.82, 2.24) is 19.5 Å². The van der Waals surface area contributed by atoms with Crippen LogP contribution in [0.15, 0.2) is 42.7 Å². The van der Waals surface area contributed by atoms with Crippen molar-refractivity contribution < 1.29 is 14.7 Å². The van der Waals surface area contributed by atoms with Gasteiger partial charge in [0.05, 0.1) is 23.0 Å². The minimum Gasteiger partial charge on any atom is -0.464 e. The molecule has 0 saturated heterocycles. The number of H-pyrrole nitrogens is 1. The first-order valence-electron chi connectivity index (χ1n) is 8.50. The Bertz CT molecular complexity index is 1210. The molecular weight excluding hydrogens is 344 g/mol. The molecule has 4 rings (SSSR count). The summed E-state index contributed by atoms with van der Waals surface area (Å²) in [7, 11) is 0. The summed E-state index contributed by atoms with van der Waals surface area (Å²) >= 11 is 0. The standard InChI is InChI=1S/C20H18N4O3/c1-20(2,3)17(25)12-9-21-18-16(12)23-13(10-22-18)15-8-11-6-4-5-7-14(11)24(15)19(26)27/h4-10H,1-3H3,(H,21,22)(H,26,27). The zero-order valence-electron chi connectivity index (χ0n) is 15.1. The van der Waals surface area contributed by atoms with E-state index < -0.39 is 11.5 Å². The Kier molecular flexibility index (Phi) is 3.62. The van der Waals surface area contributed by atoms with Crippen LogP contribution >= 0.6 is 0 Å². The van der Waals surface area contributed by atoms with Crippen molar-refractivity contribution in [1.29, 1.82) is 0 Å². The predicted molar refractivity (Wildman–Crippen MR) is 102 cm³/mol. The fourth-order valence-electron chi connectivity index (χ4n) is 3.14. The van der Waals surface area contributed by atoms with Crippen LogP contribution in [0.4, 0.5) is 4.79 Å². The number of fused-ring (bicyclic) bond motifs is 2. The average Bonchev–Trinajstić information content (AvgIpc) is 3.21. The van der Waals surface area contributed by atoms with Crippen LogP contribution in [0.2, 0.25) is 0 Å². The molecule has 0 amide bonds. The van der Waals surface area contributed by atoms with Crippen molar-refractivity contribution in [2.45, 2.75) is 20.8 Å². The molecule has 1 aromatic carbocycles. The lowest BCUT2D eigenvalue weighted by molar-refractivity contribution is 0.0860. The summed E-state index contributed by atoms with van der Waals surface area (Å²) in [4.78, 5) is 36.4. The van der Waals surface area contributed by atoms with Crippen molar-refractivity contribution in [3.8, 4) is 11.4 Å². The maximum Gasteiger partial charge on any atom is 0.416 e. The van der Waals surface area contributed by atoms with E-state index in [-0.39, 0.29) is 5.78 Å². The molecule has 0 radical (unpaired) electrons. The number of carbonyl (C=O) groups is 2. The molecule has 0 fully saturated rings. The molecule has 0 aliphatic rings. The summed E-state index contributed by atoms with van der Waals surface area (Å²) in [6.45, 7) is 5.52. The first kappa shape index (κ1) is 17.0. The van der Waals surface area contributed by atoms with Crippen molar-refractivity contribution in [2.24, 2.45) is 5.41 Å². The van der Waals surface area contributed by atoms with Crippen LogP contribution < -0.4 is 0 Å². The number of ketones is 1. The highest BCUT2D eigenvalue weighted by molar-refractivity contribution is 6.08. The van der Waals surface area contributed by atoms with E-state index in [9.17, 15) is 14.7 Å². The van der Waals surface area contributed by atoms with Gasteiger partial charge in [0.25, 0.3) is 0 Å². The lowest BCUT2D eigenvalue weighted by atomic mass is 9.87. The van der Waals surface area contributed by atoms with Crippen LogP contribution in [0.1, 0.15) is 31.1 Å². The smallest absolute Gasteiger partial charge is 0.416 e. The van der Waals surface area contributed by atoms with Gasteiger partial charge in [0.15, 0.2) is 11.4 Å². The number of rotatable bonds is 2. The van der Waals surface area contributed by atoms with Crippen LogP contribution in [0.3, 0.4) is 0 Å². The molecule has 0 aliphatic carbocycles. The number of Topliss-reactive ketones (excluding diaryl/α,β-unsaturated/α-hetero) is 1. The molecule has 0 saturated carbocycles. The largest absolute Gasteiger partial charge is 0.464 e. The molecule has 7 heteroatoms. The third kappa shape index (κ3) is 2.68. The first-order chi connectivity index (χ1) is 12.8. The van der Waals surface area contributed by atoms with Gasteiger partial charge in [0.2, 0.25) is 0 Å². The maximum atomic E-state index is 12.7. The molecule has 0 bridgehead atoms. The number of nitrogens with one attached hydrogen (secondary N) is 1. The summed E-state index contributed by atoms with van der Waals surface area (Å²) in [5.41, 5.74) is 2.19. The van der Waals surface area contributed by atoms with Gasteiger partial charge in [0, 0.05) is 17.0 Å². The second kappa shape index (κ2) is 5.77. The zero-order chi connectivity index (χ0) is 19.3. The van der Waals surface area contributed by atoms with E-state index in [2.05, 4.69) is 15.0 Å². The van der Waals surface area contributed by atoms with Gasteiger partial charge >= 0.3 is 6.09 Å². The number of carboxylic acid groups (broad SMARTS) is 1. The van der Waals surface area contributed by atoms with Crippen molar-refractivity contribution in [2.75, 3.05) is 0 Å². The number of hydrogen-bond donors (Lipinski definition) is 2. The molecule has 4 aromatic rings. The fraction of sp³-hybridized carbons (Fsp3) is 0.200. The molecule has 0 unspecified atom stereocenters. The Hall–Kier alpha value is -3.48. The summed E-state index contributed by atoms with van der Waals surface area (Å²) < 4.78 is 1.18. The van der Waals surface area contributed by atoms with Crippen LogP contribution in [0.25, 0.3) is 33.5 Å². The van der Waals surface area contributed by atoms with Gasteiger partial charge in [0.1, 0.15) is 11.2 Å². The topological polar surface area (TPSA) is 101 Å². The number of aromatic amines is 1. The predicted octanol–water partition coefficient (Wildman–Crippen LogP) is 4.33. The van der Waals surface area contributed by atoms with Crippen LogP contribution in [-0.2, 0) is 0 Å². The van der Waals surface area contributed by atoms with Crippen molar-refractivity contribution in [3.05, 3.63) is 48.3 Å². The molecule has 2 N–H and O–H groups in total. The monoisotopic (exact) mass is 362 g/mol. The molecule has 0 aliphatic heterocycles. The highest BCUT2D eigenvalue weighted by Crippen LogP contribution is 2.30. The Morgan fingerprint density at radius 1 is 1.19 bits per heavy atom. The van der Waals surface area contributed by atoms with Gasteiger partial charge in [-0.1, -0.05) is 39.0 Å². The molecule has 27 heavy (non-hydrogen) atoms. The van der Waals surface area contributed by atoms with Crippen LogP contribution in [0.5, 0.6) is 0 Å². The summed E-state index contributed by atoms with van der Waals surface area (Å²) in [6.07, 6.45) is 2.01. The Morgan fingerprint density at radius 3 is 2.63 bits per heavy atom. The van der Waals surface area contributed by atoms with Gasteiger partial charge in [-0.25, -0.2) is 19.3 Å².